The van der Waals surface area contributed by atoms with Gasteiger partial charge >= 0.3 is 0 Å². The fraction of sp³-hybridized carbons (Fsp3) is 0.0417. The van der Waals surface area contributed by atoms with Crippen molar-refractivity contribution in [2.75, 3.05) is 11.1 Å². The summed E-state index contributed by atoms with van der Waals surface area (Å²) >= 11 is 5.79. The highest BCUT2D eigenvalue weighted by Gasteiger charge is 2.19. The molecule has 5 aromatic rings. The first kappa shape index (κ1) is 22.2. The minimum Gasteiger partial charge on any atom is -0.439 e. The van der Waals surface area contributed by atoms with Gasteiger partial charge in [-0.05, 0) is 36.4 Å². The summed E-state index contributed by atoms with van der Waals surface area (Å²) in [6.45, 7) is -0.176. The smallest absolute Gasteiger partial charge is 0.246 e. The first-order valence-corrected chi connectivity index (χ1v) is 10.8. The average Bonchev–Trinajstić information content (AvgIpc) is 3.22. The molecule has 0 aliphatic rings. The van der Waals surface area contributed by atoms with Gasteiger partial charge < -0.3 is 15.8 Å². The van der Waals surface area contributed by atoms with Gasteiger partial charge in [0.15, 0.2) is 5.65 Å². The summed E-state index contributed by atoms with van der Waals surface area (Å²) in [5, 5.41) is 7.61. The Morgan fingerprint density at radius 2 is 1.91 bits per heavy atom. The average molecular weight is 490 g/mol. The van der Waals surface area contributed by atoms with Crippen LogP contribution in [0, 0.1) is 5.82 Å². The number of ether oxygens (including phenoxy) is 1. The van der Waals surface area contributed by atoms with Crippen molar-refractivity contribution in [3.8, 4) is 22.9 Å². The van der Waals surface area contributed by atoms with E-state index >= 15 is 0 Å². The summed E-state index contributed by atoms with van der Waals surface area (Å²) in [6, 6.07) is 16.7. The molecular weight excluding hydrogens is 473 g/mol. The van der Waals surface area contributed by atoms with Crippen molar-refractivity contribution < 1.29 is 13.9 Å². The van der Waals surface area contributed by atoms with Gasteiger partial charge in [-0.1, -0.05) is 29.8 Å². The van der Waals surface area contributed by atoms with E-state index in [1.54, 1.807) is 18.3 Å². The number of fused-ring (bicyclic) bond motifs is 1. The monoisotopic (exact) mass is 489 g/mol. The van der Waals surface area contributed by atoms with Crippen molar-refractivity contribution in [2.45, 2.75) is 6.54 Å². The van der Waals surface area contributed by atoms with E-state index < -0.39 is 11.7 Å². The lowest BCUT2D eigenvalue weighted by molar-refractivity contribution is -0.116. The number of carbonyl (C=O) groups is 1. The zero-order valence-corrected chi connectivity index (χ0v) is 18.8. The van der Waals surface area contributed by atoms with Crippen molar-refractivity contribution in [3.63, 3.8) is 0 Å². The number of nitrogens with one attached hydrogen (secondary N) is 1. The minimum absolute atomic E-state index is 0.0951. The van der Waals surface area contributed by atoms with E-state index in [2.05, 4.69) is 25.4 Å². The lowest BCUT2D eigenvalue weighted by Crippen LogP contribution is -2.19. The number of nitrogens with zero attached hydrogens (tertiary/aromatic N) is 5. The van der Waals surface area contributed by atoms with E-state index in [9.17, 15) is 9.18 Å². The Balaban J connectivity index is 1.42. The highest BCUT2D eigenvalue weighted by molar-refractivity contribution is 6.31. The Bertz CT molecular complexity index is 1520. The van der Waals surface area contributed by atoms with Gasteiger partial charge in [-0.2, -0.15) is 5.10 Å². The highest BCUT2D eigenvalue weighted by atomic mass is 35.5. The number of carbonyl (C=O) groups excluding carboxylic acids is 1. The summed E-state index contributed by atoms with van der Waals surface area (Å²) in [4.78, 5) is 25.3. The highest BCUT2D eigenvalue weighted by Crippen LogP contribution is 2.31. The van der Waals surface area contributed by atoms with Crippen LogP contribution in [-0.2, 0) is 11.3 Å². The number of aromatic nitrogens is 5. The van der Waals surface area contributed by atoms with Gasteiger partial charge in [-0.3, -0.25) is 4.79 Å². The number of pyridine rings is 1. The van der Waals surface area contributed by atoms with Crippen LogP contribution in [0.25, 0.3) is 22.3 Å². The number of amides is 1. The van der Waals surface area contributed by atoms with Gasteiger partial charge in [-0.25, -0.2) is 24.0 Å². The number of hydrogen-bond donors (Lipinski definition) is 2. The number of rotatable bonds is 6. The SMILES string of the molecule is Nc1ncnc2c1c(-c1ccc(Oc3ccccc3)nc1)nn2CC(=O)Nc1ccc(F)c(Cl)c1. The van der Waals surface area contributed by atoms with Crippen molar-refractivity contribution in [2.24, 2.45) is 0 Å². The van der Waals surface area contributed by atoms with E-state index in [-0.39, 0.29) is 17.4 Å². The molecule has 9 nitrogen and oxygen atoms in total. The van der Waals surface area contributed by atoms with Crippen LogP contribution >= 0.6 is 11.6 Å². The van der Waals surface area contributed by atoms with Crippen molar-refractivity contribution >= 4 is 40.0 Å². The molecule has 11 heteroatoms. The van der Waals surface area contributed by atoms with Crippen LogP contribution in [0.1, 0.15) is 0 Å². The largest absolute Gasteiger partial charge is 0.439 e. The van der Waals surface area contributed by atoms with Crippen LogP contribution in [0.4, 0.5) is 15.9 Å². The van der Waals surface area contributed by atoms with Gasteiger partial charge in [-0.15, -0.1) is 0 Å². The Kier molecular flexibility index (Phi) is 5.94. The first-order valence-electron chi connectivity index (χ1n) is 10.4. The van der Waals surface area contributed by atoms with Crippen LogP contribution in [0.15, 0.2) is 73.2 Å². The van der Waals surface area contributed by atoms with E-state index in [1.807, 2.05) is 30.3 Å². The number of nitrogens with two attached hydrogens (primary N) is 1. The second kappa shape index (κ2) is 9.35. The van der Waals surface area contributed by atoms with E-state index in [0.29, 0.717) is 39.6 Å². The Morgan fingerprint density at radius 1 is 1.09 bits per heavy atom. The number of anilines is 2. The third-order valence-electron chi connectivity index (χ3n) is 5.03. The van der Waals surface area contributed by atoms with Crippen molar-refractivity contribution in [1.82, 2.24) is 24.7 Å². The topological polar surface area (TPSA) is 121 Å². The van der Waals surface area contributed by atoms with E-state index in [1.165, 1.54) is 29.2 Å². The molecule has 174 valence electrons. The van der Waals surface area contributed by atoms with Crippen LogP contribution in [0.5, 0.6) is 11.6 Å². The second-order valence-corrected chi connectivity index (χ2v) is 7.85. The molecular formula is C24H17ClFN7O2. The molecule has 0 aliphatic heterocycles. The Morgan fingerprint density at radius 3 is 2.66 bits per heavy atom. The number of para-hydroxylation sites is 1. The molecule has 0 aliphatic carbocycles. The predicted octanol–water partition coefficient (Wildman–Crippen LogP) is 4.69. The van der Waals surface area contributed by atoms with Gasteiger partial charge in [0.25, 0.3) is 0 Å². The first-order chi connectivity index (χ1) is 17.0. The van der Waals surface area contributed by atoms with E-state index in [0.717, 1.165) is 0 Å². The van der Waals surface area contributed by atoms with E-state index in [4.69, 9.17) is 22.1 Å². The molecule has 3 N–H and O–H groups in total. The maximum atomic E-state index is 13.4. The molecule has 0 radical (unpaired) electrons. The Hall–Kier alpha value is -4.57. The normalized spacial score (nSPS) is 10.9. The fourth-order valence-corrected chi connectivity index (χ4v) is 3.62. The maximum absolute atomic E-state index is 13.4. The fourth-order valence-electron chi connectivity index (χ4n) is 3.44. The van der Waals surface area contributed by atoms with Gasteiger partial charge in [0.05, 0.1) is 10.4 Å². The lowest BCUT2D eigenvalue weighted by atomic mass is 10.1. The Labute approximate surface area is 203 Å². The second-order valence-electron chi connectivity index (χ2n) is 7.44. The number of halogens is 2. The molecule has 3 heterocycles. The van der Waals surface area contributed by atoms with Crippen molar-refractivity contribution in [1.29, 1.82) is 0 Å². The summed E-state index contributed by atoms with van der Waals surface area (Å²) in [6.07, 6.45) is 2.89. The molecule has 2 aromatic carbocycles. The maximum Gasteiger partial charge on any atom is 0.246 e. The quantitative estimate of drug-likeness (QED) is 0.354. The van der Waals surface area contributed by atoms with Gasteiger partial charge in [0.1, 0.15) is 36.0 Å². The third kappa shape index (κ3) is 4.73. The third-order valence-corrected chi connectivity index (χ3v) is 5.32. The summed E-state index contributed by atoms with van der Waals surface area (Å²) in [7, 11) is 0. The standard InChI is InChI=1S/C24H17ClFN7O2/c25-17-10-15(7-8-18(17)26)31-19(34)12-33-24-21(23(27)29-13-30-24)22(32-33)14-6-9-20(28-11-14)35-16-4-2-1-3-5-16/h1-11,13H,12H2,(H,31,34)(H2,27,29,30). The van der Waals surface area contributed by atoms with Crippen LogP contribution in [-0.4, -0.2) is 30.6 Å². The molecule has 3 aromatic heterocycles. The summed E-state index contributed by atoms with van der Waals surface area (Å²) < 4.78 is 20.5. The molecule has 1 amide bonds. The predicted molar refractivity (Wildman–Crippen MR) is 130 cm³/mol. The molecule has 0 fully saturated rings. The zero-order chi connectivity index (χ0) is 24.4. The van der Waals surface area contributed by atoms with Crippen LogP contribution < -0.4 is 15.8 Å². The molecule has 35 heavy (non-hydrogen) atoms. The number of hydrogen-bond acceptors (Lipinski definition) is 7. The molecule has 0 unspecified atom stereocenters. The van der Waals surface area contributed by atoms with Gasteiger partial charge in [0, 0.05) is 23.5 Å². The molecule has 0 bridgehead atoms. The molecule has 0 saturated heterocycles. The lowest BCUT2D eigenvalue weighted by Gasteiger charge is -2.07. The van der Waals surface area contributed by atoms with Crippen LogP contribution in [0.2, 0.25) is 5.02 Å². The number of nitrogen functional groups attached to an aromatic ring is 1. The molecule has 0 atom stereocenters. The van der Waals surface area contributed by atoms with Crippen LogP contribution in [0.3, 0.4) is 0 Å². The summed E-state index contributed by atoms with van der Waals surface area (Å²) in [5.41, 5.74) is 7.96. The minimum atomic E-state index is -0.576. The zero-order valence-electron chi connectivity index (χ0n) is 18.0. The molecule has 5 rings (SSSR count). The van der Waals surface area contributed by atoms with Crippen molar-refractivity contribution in [3.05, 3.63) is 84.0 Å². The molecule has 0 saturated carbocycles. The summed E-state index contributed by atoms with van der Waals surface area (Å²) in [5.74, 6) is 0.296. The number of benzene rings is 2. The molecule has 0 spiro atoms. The van der Waals surface area contributed by atoms with Gasteiger partial charge in [0.2, 0.25) is 11.8 Å².